The van der Waals surface area contributed by atoms with E-state index in [2.05, 4.69) is 23.5 Å². The second kappa shape index (κ2) is 7.15. The number of hydrogen-bond acceptors (Lipinski definition) is 3. The summed E-state index contributed by atoms with van der Waals surface area (Å²) in [6.07, 6.45) is 0. The molecule has 0 atom stereocenters. The van der Waals surface area contributed by atoms with Crippen molar-refractivity contribution in [3.63, 3.8) is 0 Å². The summed E-state index contributed by atoms with van der Waals surface area (Å²) in [4.78, 5) is 0. The SMILES string of the molecule is COc1ccc(-n2nc(-c3ccccc3)cc2Nc2ccccc2)cc1. The number of nitrogens with zero attached hydrogens (tertiary/aromatic N) is 2. The number of nitrogens with one attached hydrogen (secondary N) is 1. The van der Waals surface area contributed by atoms with Crippen molar-refractivity contribution in [1.82, 2.24) is 9.78 Å². The van der Waals surface area contributed by atoms with E-state index in [9.17, 15) is 0 Å². The van der Waals surface area contributed by atoms with Gasteiger partial charge in [0.25, 0.3) is 0 Å². The van der Waals surface area contributed by atoms with E-state index in [4.69, 9.17) is 9.84 Å². The van der Waals surface area contributed by atoms with Crippen LogP contribution in [0.2, 0.25) is 0 Å². The van der Waals surface area contributed by atoms with E-state index in [1.54, 1.807) is 7.11 Å². The molecule has 0 aliphatic carbocycles. The summed E-state index contributed by atoms with van der Waals surface area (Å²) in [6.45, 7) is 0. The molecule has 0 aliphatic heterocycles. The maximum absolute atomic E-state index is 5.26. The van der Waals surface area contributed by atoms with Crippen LogP contribution in [-0.4, -0.2) is 16.9 Å². The average molecular weight is 341 g/mol. The normalized spacial score (nSPS) is 10.5. The van der Waals surface area contributed by atoms with Crippen molar-refractivity contribution in [2.24, 2.45) is 0 Å². The lowest BCUT2D eigenvalue weighted by molar-refractivity contribution is 0.414. The van der Waals surface area contributed by atoms with Crippen LogP contribution < -0.4 is 10.1 Å². The Morgan fingerprint density at radius 3 is 2.12 bits per heavy atom. The van der Waals surface area contributed by atoms with Crippen LogP contribution >= 0.6 is 0 Å². The highest BCUT2D eigenvalue weighted by molar-refractivity contribution is 5.68. The van der Waals surface area contributed by atoms with Crippen molar-refractivity contribution in [1.29, 1.82) is 0 Å². The quantitative estimate of drug-likeness (QED) is 0.536. The molecule has 1 heterocycles. The van der Waals surface area contributed by atoms with Gasteiger partial charge < -0.3 is 10.1 Å². The smallest absolute Gasteiger partial charge is 0.134 e. The van der Waals surface area contributed by atoms with Crippen molar-refractivity contribution in [2.45, 2.75) is 0 Å². The molecule has 128 valence electrons. The maximum Gasteiger partial charge on any atom is 0.134 e. The van der Waals surface area contributed by atoms with Crippen molar-refractivity contribution in [2.75, 3.05) is 12.4 Å². The molecule has 1 aromatic heterocycles. The number of para-hydroxylation sites is 1. The molecular weight excluding hydrogens is 322 g/mol. The Morgan fingerprint density at radius 1 is 0.808 bits per heavy atom. The summed E-state index contributed by atoms with van der Waals surface area (Å²) in [5.74, 6) is 1.72. The van der Waals surface area contributed by atoms with E-state index in [0.29, 0.717) is 0 Å². The fraction of sp³-hybridized carbons (Fsp3) is 0.0455. The topological polar surface area (TPSA) is 39.1 Å². The highest BCUT2D eigenvalue weighted by atomic mass is 16.5. The first kappa shape index (κ1) is 16.0. The highest BCUT2D eigenvalue weighted by Crippen LogP contribution is 2.27. The summed E-state index contributed by atoms with van der Waals surface area (Å²) in [6, 6.07) is 30.2. The lowest BCUT2D eigenvalue weighted by Crippen LogP contribution is -2.02. The lowest BCUT2D eigenvalue weighted by atomic mass is 10.1. The van der Waals surface area contributed by atoms with Crippen LogP contribution in [-0.2, 0) is 0 Å². The number of aromatic nitrogens is 2. The molecular formula is C22H19N3O. The fourth-order valence-corrected chi connectivity index (χ4v) is 2.81. The third kappa shape index (κ3) is 3.30. The molecule has 3 aromatic carbocycles. The van der Waals surface area contributed by atoms with Gasteiger partial charge in [0, 0.05) is 17.3 Å². The van der Waals surface area contributed by atoms with E-state index in [0.717, 1.165) is 34.2 Å². The van der Waals surface area contributed by atoms with Crippen LogP contribution in [0, 0.1) is 0 Å². The number of benzene rings is 3. The molecule has 0 radical (unpaired) electrons. The van der Waals surface area contributed by atoms with E-state index in [1.165, 1.54) is 0 Å². The molecule has 4 rings (SSSR count). The van der Waals surface area contributed by atoms with Crippen LogP contribution in [0.3, 0.4) is 0 Å². The van der Waals surface area contributed by atoms with Crippen molar-refractivity contribution in [3.05, 3.63) is 91.0 Å². The van der Waals surface area contributed by atoms with Gasteiger partial charge >= 0.3 is 0 Å². The lowest BCUT2D eigenvalue weighted by Gasteiger charge is -2.10. The molecule has 0 amide bonds. The summed E-state index contributed by atoms with van der Waals surface area (Å²) in [5.41, 5.74) is 3.98. The molecule has 0 fully saturated rings. The fourth-order valence-electron chi connectivity index (χ4n) is 2.81. The highest BCUT2D eigenvalue weighted by Gasteiger charge is 2.11. The number of rotatable bonds is 5. The molecule has 4 nitrogen and oxygen atoms in total. The zero-order chi connectivity index (χ0) is 17.8. The zero-order valence-electron chi connectivity index (χ0n) is 14.5. The van der Waals surface area contributed by atoms with E-state index >= 15 is 0 Å². The first-order valence-corrected chi connectivity index (χ1v) is 8.45. The Hall–Kier alpha value is -3.53. The zero-order valence-corrected chi connectivity index (χ0v) is 14.5. The predicted octanol–water partition coefficient (Wildman–Crippen LogP) is 5.29. The summed E-state index contributed by atoms with van der Waals surface area (Å²) in [5, 5.41) is 8.27. The van der Waals surface area contributed by atoms with E-state index in [-0.39, 0.29) is 0 Å². The standard InChI is InChI=1S/C22H19N3O/c1-26-20-14-12-19(13-15-20)25-22(23-18-10-6-3-7-11-18)16-21(24-25)17-8-4-2-5-9-17/h2-16,23H,1H3. The van der Waals surface area contributed by atoms with Gasteiger partial charge in [-0.1, -0.05) is 48.5 Å². The third-order valence-electron chi connectivity index (χ3n) is 4.14. The number of hydrogen-bond donors (Lipinski definition) is 1. The minimum absolute atomic E-state index is 0.821. The van der Waals surface area contributed by atoms with Gasteiger partial charge in [0.1, 0.15) is 11.6 Å². The molecule has 4 aromatic rings. The molecule has 0 saturated heterocycles. The van der Waals surface area contributed by atoms with Gasteiger partial charge in [0.15, 0.2) is 0 Å². The van der Waals surface area contributed by atoms with Gasteiger partial charge in [-0.2, -0.15) is 5.10 Å². The molecule has 0 unspecified atom stereocenters. The van der Waals surface area contributed by atoms with Crippen LogP contribution in [0.25, 0.3) is 16.9 Å². The average Bonchev–Trinajstić information content (AvgIpc) is 3.13. The molecule has 4 heteroatoms. The van der Waals surface area contributed by atoms with Crippen molar-refractivity contribution < 1.29 is 4.74 Å². The minimum atomic E-state index is 0.821. The van der Waals surface area contributed by atoms with Gasteiger partial charge in [0.05, 0.1) is 18.5 Å². The van der Waals surface area contributed by atoms with Crippen LogP contribution in [0.15, 0.2) is 91.0 Å². The summed E-state index contributed by atoms with van der Waals surface area (Å²) >= 11 is 0. The van der Waals surface area contributed by atoms with Crippen molar-refractivity contribution in [3.8, 4) is 22.7 Å². The molecule has 0 saturated carbocycles. The predicted molar refractivity (Wildman–Crippen MR) is 105 cm³/mol. The molecule has 0 aliphatic rings. The van der Waals surface area contributed by atoms with E-state index < -0.39 is 0 Å². The van der Waals surface area contributed by atoms with Gasteiger partial charge in [-0.3, -0.25) is 0 Å². The summed E-state index contributed by atoms with van der Waals surface area (Å²) in [7, 11) is 1.67. The van der Waals surface area contributed by atoms with Crippen LogP contribution in [0.4, 0.5) is 11.5 Å². The van der Waals surface area contributed by atoms with Crippen molar-refractivity contribution >= 4 is 11.5 Å². The first-order chi connectivity index (χ1) is 12.8. The summed E-state index contributed by atoms with van der Waals surface area (Å²) < 4.78 is 7.17. The van der Waals surface area contributed by atoms with Gasteiger partial charge in [0.2, 0.25) is 0 Å². The maximum atomic E-state index is 5.26. The second-order valence-electron chi connectivity index (χ2n) is 5.88. The van der Waals surface area contributed by atoms with Gasteiger partial charge in [-0.05, 0) is 36.4 Å². The van der Waals surface area contributed by atoms with Gasteiger partial charge in [-0.25, -0.2) is 4.68 Å². The Labute approximate surface area is 152 Å². The minimum Gasteiger partial charge on any atom is -0.497 e. The Bertz CT molecular complexity index is 977. The van der Waals surface area contributed by atoms with Crippen LogP contribution in [0.1, 0.15) is 0 Å². The number of ether oxygens (including phenoxy) is 1. The third-order valence-corrected chi connectivity index (χ3v) is 4.14. The van der Waals surface area contributed by atoms with Gasteiger partial charge in [-0.15, -0.1) is 0 Å². The molecule has 1 N–H and O–H groups in total. The Kier molecular flexibility index (Phi) is 4.39. The number of methoxy groups -OCH3 is 1. The first-order valence-electron chi connectivity index (χ1n) is 8.45. The Balaban J connectivity index is 1.78. The molecule has 0 spiro atoms. The number of anilines is 2. The second-order valence-corrected chi connectivity index (χ2v) is 5.88. The van der Waals surface area contributed by atoms with E-state index in [1.807, 2.05) is 77.5 Å². The molecule has 26 heavy (non-hydrogen) atoms. The monoisotopic (exact) mass is 341 g/mol. The molecule has 0 bridgehead atoms. The van der Waals surface area contributed by atoms with Crippen LogP contribution in [0.5, 0.6) is 5.75 Å². The largest absolute Gasteiger partial charge is 0.497 e. The Morgan fingerprint density at radius 2 is 1.46 bits per heavy atom.